The molecule has 0 bridgehead atoms. The molecule has 0 saturated carbocycles. The van der Waals surface area contributed by atoms with Gasteiger partial charge in [-0.3, -0.25) is 42.9 Å². The molecule has 8 amide bonds. The maximum Gasteiger partial charge on any atom is 0.446 e. The zero-order valence-electron chi connectivity index (χ0n) is 45.9. The first-order valence-corrected chi connectivity index (χ1v) is 28.5. The summed E-state index contributed by atoms with van der Waals surface area (Å²) in [5.74, 6) is -13.4. The van der Waals surface area contributed by atoms with Gasteiger partial charge in [-0.25, -0.2) is 0 Å². The molecule has 3 saturated heterocycles. The Bertz CT molecular complexity index is 2720. The van der Waals surface area contributed by atoms with Crippen LogP contribution in [0.2, 0.25) is 0 Å². The van der Waals surface area contributed by atoms with Gasteiger partial charge in [-0.2, -0.15) is 8.42 Å². The van der Waals surface area contributed by atoms with Crippen LogP contribution in [0, 0.1) is 5.92 Å². The molecule has 17 N–H and O–H groups in total. The highest BCUT2D eigenvalue weighted by atomic mass is 32.3. The molecular weight excluding hydrogens is 1120 g/mol. The average Bonchev–Trinajstić information content (AvgIpc) is 4.05. The number of nitrogens with zero attached hydrogens (tertiary/aromatic N) is 2. The fourth-order valence-electron chi connectivity index (χ4n) is 9.88. The van der Waals surface area contributed by atoms with Crippen molar-refractivity contribution in [2.45, 2.75) is 177 Å². The van der Waals surface area contributed by atoms with Gasteiger partial charge in [-0.05, 0) is 55.3 Å². The van der Waals surface area contributed by atoms with Gasteiger partial charge in [0.2, 0.25) is 41.4 Å². The molecule has 1 unspecified atom stereocenters. The molecule has 0 radical (unpaired) electrons. The van der Waals surface area contributed by atoms with Crippen LogP contribution >= 0.6 is 0 Å². The third-order valence-corrected chi connectivity index (χ3v) is 14.8. The van der Waals surface area contributed by atoms with Crippen LogP contribution < -0.4 is 41.2 Å². The van der Waals surface area contributed by atoms with E-state index < -0.39 is 198 Å². The molecule has 3 aliphatic rings. The van der Waals surface area contributed by atoms with Gasteiger partial charge in [0, 0.05) is 37.4 Å². The number of phenols is 1. The van der Waals surface area contributed by atoms with Gasteiger partial charge < -0.3 is 97.0 Å². The molecule has 3 heterocycles. The van der Waals surface area contributed by atoms with Crippen molar-refractivity contribution in [3.63, 3.8) is 0 Å². The first-order chi connectivity index (χ1) is 39.0. The summed E-state index contributed by atoms with van der Waals surface area (Å²) in [5.41, 5.74) is 4.69. The van der Waals surface area contributed by atoms with Crippen LogP contribution in [0.25, 0.3) is 0 Å². The Morgan fingerprint density at radius 3 is 1.98 bits per heavy atom. The van der Waals surface area contributed by atoms with E-state index in [0.29, 0.717) is 28.2 Å². The van der Waals surface area contributed by atoms with Crippen molar-refractivity contribution in [2.24, 2.45) is 11.7 Å². The molecule has 3 aliphatic heterocycles. The number of benzene rings is 2. The number of aromatic hydroxyl groups is 1. The summed E-state index contributed by atoms with van der Waals surface area (Å²) in [7, 11) is -5.34. The van der Waals surface area contributed by atoms with Gasteiger partial charge >= 0.3 is 10.4 Å². The lowest BCUT2D eigenvalue weighted by Gasteiger charge is -2.34. The fourth-order valence-corrected chi connectivity index (χ4v) is 10.2. The van der Waals surface area contributed by atoms with Crippen molar-refractivity contribution in [1.29, 1.82) is 0 Å². The highest BCUT2D eigenvalue weighted by Gasteiger charge is 2.51. The second-order valence-electron chi connectivity index (χ2n) is 21.0. The number of ether oxygens (including phenoxy) is 1. The molecule has 2 aromatic carbocycles. The predicted octanol–water partition coefficient (Wildman–Crippen LogP) is -4.27. The number of aliphatic hydroxyl groups excluding tert-OH is 8. The van der Waals surface area contributed by atoms with Crippen molar-refractivity contribution in [2.75, 3.05) is 19.7 Å². The first kappa shape index (κ1) is 67.0. The van der Waals surface area contributed by atoms with Crippen molar-refractivity contribution < 1.29 is 106 Å². The number of hydrogen-bond donors (Lipinski definition) is 16. The number of rotatable bonds is 21. The van der Waals surface area contributed by atoms with Gasteiger partial charge in [0.1, 0.15) is 60.3 Å². The molecule has 30 nitrogen and oxygen atoms in total. The quantitative estimate of drug-likeness (QED) is 0.0416. The van der Waals surface area contributed by atoms with E-state index in [1.54, 1.807) is 0 Å². The van der Waals surface area contributed by atoms with E-state index in [0.717, 1.165) is 57.6 Å². The van der Waals surface area contributed by atoms with Crippen LogP contribution in [0.1, 0.15) is 113 Å². The van der Waals surface area contributed by atoms with E-state index in [2.05, 4.69) is 27.1 Å². The van der Waals surface area contributed by atoms with E-state index in [1.807, 2.05) is 10.6 Å². The summed E-state index contributed by atoms with van der Waals surface area (Å²) in [6.45, 7) is 3.68. The number of phenolic OH excluding ortho intramolecular Hbond substituents is 1. The molecule has 15 atom stereocenters. The summed E-state index contributed by atoms with van der Waals surface area (Å²) in [6, 6.07) is -5.10. The summed E-state index contributed by atoms with van der Waals surface area (Å²) >= 11 is 0. The Kier molecular flexibility index (Phi) is 24.3. The summed E-state index contributed by atoms with van der Waals surface area (Å²) < 4.78 is 42.5. The lowest BCUT2D eigenvalue weighted by atomic mass is 9.96. The predicted molar refractivity (Wildman–Crippen MR) is 286 cm³/mol. The minimum atomic E-state index is -5.34. The molecule has 0 aromatic heterocycles. The number of aliphatic hydroxyl groups is 8. The second-order valence-corrected chi connectivity index (χ2v) is 22.1. The normalized spacial score (nSPS) is 27.5. The Balaban J connectivity index is 1.54. The highest BCUT2D eigenvalue weighted by molar-refractivity contribution is 7.81. The van der Waals surface area contributed by atoms with Crippen LogP contribution in [-0.4, -0.2) is 215 Å². The standard InChI is InChI=1S/C52H76N8O22S/c1-4-5-6-7-8-9-10-11-18-81-30-15-12-27(13-16-30)45(70)54-31-21-35(65)48(73)58-50(75)41-42(67)25(2)23-60(41)52(77)39(34(64)22-37(53)66)56-49(74)40(44(69)43(68)28-14-17-33(63)36(19-28)82-83(78,79)80)57-47(72)32-20-29(62)24-59(32)51(76)38(26(3)61)55-46(31)71/h12-17,19,25-26,29,31-32,34-35,38-44,48,61-65,67-69,73H,4-11,18,20-24H2,1-3H3,(H2,53,66)(H,54,70)(H,55,71)(H,56,74)(H,57,72)(H,58,75)(H,78,79,80)/t25-,26+,29+,31+,32-,34+,35+,38?,39-,40-,41-,42-,43-,44-,48+/m0/s1. The molecule has 83 heavy (non-hydrogen) atoms. The molecule has 31 heteroatoms. The number of unbranched alkanes of at least 4 members (excludes halogenated alkanes) is 7. The molecule has 2 aromatic rings. The third kappa shape index (κ3) is 18.3. The van der Waals surface area contributed by atoms with Gasteiger partial charge in [0.05, 0.1) is 37.4 Å². The second kappa shape index (κ2) is 30.1. The largest absolute Gasteiger partial charge is 0.504 e. The topological polar surface area (TPSA) is 484 Å². The lowest BCUT2D eigenvalue weighted by molar-refractivity contribution is -0.149. The van der Waals surface area contributed by atoms with Gasteiger partial charge in [-0.1, -0.05) is 64.9 Å². The molecular formula is C52H76N8O22S. The fraction of sp³-hybridized carbons (Fsp3) is 0.615. The van der Waals surface area contributed by atoms with E-state index in [9.17, 15) is 97.3 Å². The van der Waals surface area contributed by atoms with Crippen LogP contribution in [0.5, 0.6) is 17.2 Å². The SMILES string of the molecule is CCCCCCCCCCOc1ccc(C(=O)N[C@@H]2C[C@@H](O)[C@@H](O)NC(=O)[C@@H]3[C@@H](O)[C@@H](C)CN3C(=O)[C@H]([C@H](O)CC(N)=O)NC(=O)[C@H]([C@H](O)[C@@H](O)c3ccc(O)c(OS(=O)(=O)O)c3)NC(=O)[C@@H]3C[C@@H](O)CN3C(=O)C([C@@H](C)O)NC2=O)cc1. The number of amides is 8. The van der Waals surface area contributed by atoms with Gasteiger partial charge in [0.25, 0.3) is 5.91 Å². The van der Waals surface area contributed by atoms with Crippen LogP contribution in [-0.2, 0) is 44.0 Å². The van der Waals surface area contributed by atoms with Crippen LogP contribution in [0.4, 0.5) is 0 Å². The van der Waals surface area contributed by atoms with E-state index >= 15 is 0 Å². The number of fused-ring (bicyclic) bond motifs is 2. The molecule has 0 aliphatic carbocycles. The highest BCUT2D eigenvalue weighted by Crippen LogP contribution is 2.33. The first-order valence-electron chi connectivity index (χ1n) is 27.1. The number of primary amides is 1. The van der Waals surface area contributed by atoms with E-state index in [4.69, 9.17) is 10.5 Å². The Morgan fingerprint density at radius 2 is 1.36 bits per heavy atom. The van der Waals surface area contributed by atoms with Gasteiger partial charge in [0.15, 0.2) is 17.7 Å². The Morgan fingerprint density at radius 1 is 0.759 bits per heavy atom. The van der Waals surface area contributed by atoms with Crippen molar-refractivity contribution in [3.05, 3.63) is 53.6 Å². The Labute approximate surface area is 477 Å². The van der Waals surface area contributed by atoms with E-state index in [1.165, 1.54) is 44.0 Å². The number of hydrogen-bond acceptors (Lipinski definition) is 21. The van der Waals surface area contributed by atoms with Crippen molar-refractivity contribution in [1.82, 2.24) is 36.4 Å². The van der Waals surface area contributed by atoms with Crippen molar-refractivity contribution >= 4 is 57.7 Å². The number of carbonyl (C=O) groups is 8. The zero-order chi connectivity index (χ0) is 61.6. The summed E-state index contributed by atoms with van der Waals surface area (Å²) in [5, 5.41) is 112. The van der Waals surface area contributed by atoms with Crippen LogP contribution in [0.3, 0.4) is 0 Å². The maximum atomic E-state index is 14.6. The van der Waals surface area contributed by atoms with Crippen LogP contribution in [0.15, 0.2) is 42.5 Å². The minimum absolute atomic E-state index is 0.0535. The lowest BCUT2D eigenvalue weighted by Crippen LogP contribution is -2.64. The van der Waals surface area contributed by atoms with Crippen molar-refractivity contribution in [3.8, 4) is 17.2 Å². The molecule has 462 valence electrons. The summed E-state index contributed by atoms with van der Waals surface area (Å²) in [6.07, 6.45) is -11.4. The van der Waals surface area contributed by atoms with E-state index in [-0.39, 0.29) is 5.56 Å². The minimum Gasteiger partial charge on any atom is -0.504 e. The molecule has 3 fully saturated rings. The average molecular weight is 1200 g/mol. The number of nitrogens with two attached hydrogens (primary N) is 1. The molecule has 0 spiro atoms. The zero-order valence-corrected chi connectivity index (χ0v) is 46.7. The monoisotopic (exact) mass is 1200 g/mol. The number of carbonyl (C=O) groups excluding carboxylic acids is 8. The molecule has 5 rings (SSSR count). The maximum absolute atomic E-state index is 14.6. The smallest absolute Gasteiger partial charge is 0.446 e. The third-order valence-electron chi connectivity index (χ3n) is 14.5. The Hall–Kier alpha value is -6.81. The number of nitrogens with one attached hydrogen (secondary N) is 5. The summed E-state index contributed by atoms with van der Waals surface area (Å²) in [4.78, 5) is 114. The van der Waals surface area contributed by atoms with Gasteiger partial charge in [-0.15, -0.1) is 0 Å².